The van der Waals surface area contributed by atoms with Crippen molar-refractivity contribution in [1.82, 2.24) is 19.9 Å². The third kappa shape index (κ3) is 3.72. The zero-order valence-corrected chi connectivity index (χ0v) is 14.8. The van der Waals surface area contributed by atoms with Crippen molar-refractivity contribution in [2.24, 2.45) is 5.73 Å². The number of carbonyl (C=O) groups is 2. The lowest BCUT2D eigenvalue weighted by Crippen LogP contribution is -2.42. The van der Waals surface area contributed by atoms with Crippen LogP contribution in [0, 0.1) is 0 Å². The summed E-state index contributed by atoms with van der Waals surface area (Å²) in [6, 6.07) is 0. The third-order valence-electron chi connectivity index (χ3n) is 3.16. The Morgan fingerprint density at radius 2 is 2.12 bits per heavy atom. The summed E-state index contributed by atoms with van der Waals surface area (Å²) < 4.78 is 6.31. The van der Waals surface area contributed by atoms with Gasteiger partial charge in [-0.1, -0.05) is 21.7 Å². The van der Waals surface area contributed by atoms with E-state index in [1.807, 2.05) is 6.26 Å². The Bertz CT molecular complexity index is 692. The van der Waals surface area contributed by atoms with Gasteiger partial charge in [-0.3, -0.25) is 4.79 Å². The van der Waals surface area contributed by atoms with Crippen molar-refractivity contribution in [3.8, 4) is 0 Å². The first-order valence-electron chi connectivity index (χ1n) is 7.20. The molecule has 1 aromatic heterocycles. The fraction of sp³-hybridized carbons (Fsp3) is 0.538. The van der Waals surface area contributed by atoms with E-state index in [0.717, 1.165) is 4.90 Å². The number of aromatic nitrogens is 3. The van der Waals surface area contributed by atoms with Crippen molar-refractivity contribution in [1.29, 1.82) is 0 Å². The van der Waals surface area contributed by atoms with E-state index in [-0.39, 0.29) is 37.5 Å². The number of rotatable bonds is 6. The molecule has 0 unspecified atom stereocenters. The maximum atomic E-state index is 12.2. The van der Waals surface area contributed by atoms with E-state index in [9.17, 15) is 9.59 Å². The number of hydrogen-bond donors (Lipinski definition) is 1. The van der Waals surface area contributed by atoms with Crippen LogP contribution in [0.4, 0.5) is 11.9 Å². The van der Waals surface area contributed by atoms with Gasteiger partial charge in [-0.25, -0.2) is 14.3 Å². The van der Waals surface area contributed by atoms with Crippen LogP contribution in [0.25, 0.3) is 0 Å². The van der Waals surface area contributed by atoms with E-state index >= 15 is 0 Å². The Balaban J connectivity index is 2.37. The van der Waals surface area contributed by atoms with Crippen molar-refractivity contribution >= 4 is 41.5 Å². The molecular formula is C13H20N7O3S+. The topological polar surface area (TPSA) is 118 Å². The molecule has 0 atom stereocenters. The van der Waals surface area contributed by atoms with Crippen LogP contribution < -0.4 is 10.6 Å². The number of anilines is 1. The van der Waals surface area contributed by atoms with Crippen LogP contribution in [0.15, 0.2) is 5.16 Å². The van der Waals surface area contributed by atoms with Gasteiger partial charge in [-0.15, -0.1) is 0 Å². The standard InChI is InChI=1S/C13H19N7O3S/c1-5-23-9(22)7-19-8(21)6-20(10(19)14)12-15-11(18(2)3)16-13(17-12)24-4/h14H,5-7H2,1-4H3/p+1. The van der Waals surface area contributed by atoms with E-state index in [1.165, 1.54) is 16.3 Å². The van der Waals surface area contributed by atoms with Gasteiger partial charge in [0.05, 0.1) is 6.61 Å². The first-order valence-corrected chi connectivity index (χ1v) is 8.43. The van der Waals surface area contributed by atoms with Crippen LogP contribution in [0.3, 0.4) is 0 Å². The van der Waals surface area contributed by atoms with Gasteiger partial charge in [0.15, 0.2) is 6.54 Å². The zero-order chi connectivity index (χ0) is 17.9. The molecule has 0 radical (unpaired) electrons. The largest absolute Gasteiger partial charge is 0.464 e. The number of thioether (sulfide) groups is 1. The summed E-state index contributed by atoms with van der Waals surface area (Å²) >= 11 is 1.36. The lowest BCUT2D eigenvalue weighted by atomic mass is 10.5. The number of carbonyl (C=O) groups excluding carboxylic acids is 2. The van der Waals surface area contributed by atoms with Crippen molar-refractivity contribution < 1.29 is 18.9 Å². The number of amides is 1. The quantitative estimate of drug-likeness (QED) is 0.391. The first-order chi connectivity index (χ1) is 11.4. The summed E-state index contributed by atoms with van der Waals surface area (Å²) in [5.74, 6) is -0.0390. The van der Waals surface area contributed by atoms with E-state index < -0.39 is 5.97 Å². The van der Waals surface area contributed by atoms with E-state index in [4.69, 9.17) is 10.5 Å². The van der Waals surface area contributed by atoms with E-state index in [2.05, 4.69) is 15.0 Å². The highest BCUT2D eigenvalue weighted by Crippen LogP contribution is 2.18. The molecule has 0 saturated heterocycles. The van der Waals surface area contributed by atoms with Crippen molar-refractivity contribution in [2.45, 2.75) is 12.1 Å². The second kappa shape index (κ2) is 7.43. The summed E-state index contributed by atoms with van der Waals surface area (Å²) in [6.07, 6.45) is 1.84. The van der Waals surface area contributed by atoms with Crippen LogP contribution in [0.5, 0.6) is 0 Å². The average Bonchev–Trinajstić information content (AvgIpc) is 2.82. The van der Waals surface area contributed by atoms with Crippen molar-refractivity contribution in [2.75, 3.05) is 44.9 Å². The first kappa shape index (κ1) is 17.9. The third-order valence-corrected chi connectivity index (χ3v) is 3.70. The lowest BCUT2D eigenvalue weighted by molar-refractivity contribution is -0.432. The van der Waals surface area contributed by atoms with Crippen LogP contribution in [0.2, 0.25) is 0 Å². The molecular weight excluding hydrogens is 334 g/mol. The van der Waals surface area contributed by atoms with E-state index in [1.54, 1.807) is 25.9 Å². The van der Waals surface area contributed by atoms with Crippen LogP contribution in [0.1, 0.15) is 6.92 Å². The molecule has 1 aromatic rings. The van der Waals surface area contributed by atoms with Crippen LogP contribution >= 0.6 is 11.8 Å². The Morgan fingerprint density at radius 3 is 2.71 bits per heavy atom. The van der Waals surface area contributed by atoms with E-state index in [0.29, 0.717) is 11.1 Å². The molecule has 0 fully saturated rings. The second-order valence-electron chi connectivity index (χ2n) is 5.05. The molecule has 0 aromatic carbocycles. The molecule has 2 heterocycles. The predicted octanol–water partition coefficient (Wildman–Crippen LogP) is -0.976. The number of ether oxygens (including phenoxy) is 1. The molecule has 0 saturated carbocycles. The Labute approximate surface area is 143 Å². The molecule has 0 aliphatic carbocycles. The maximum Gasteiger partial charge on any atom is 0.362 e. The van der Waals surface area contributed by atoms with Gasteiger partial charge in [0, 0.05) is 14.1 Å². The Morgan fingerprint density at radius 1 is 1.42 bits per heavy atom. The molecule has 130 valence electrons. The lowest BCUT2D eigenvalue weighted by Gasteiger charge is -2.11. The second-order valence-corrected chi connectivity index (χ2v) is 5.82. The smallest absolute Gasteiger partial charge is 0.362 e. The Hall–Kier alpha value is -2.43. The monoisotopic (exact) mass is 354 g/mol. The molecule has 1 aliphatic heterocycles. The highest BCUT2D eigenvalue weighted by Gasteiger charge is 2.37. The minimum atomic E-state index is -0.523. The summed E-state index contributed by atoms with van der Waals surface area (Å²) in [7, 11) is 3.61. The summed E-state index contributed by atoms with van der Waals surface area (Å²) in [6.45, 7) is 1.65. The molecule has 2 rings (SSSR count). The van der Waals surface area contributed by atoms with Gasteiger partial charge in [0.1, 0.15) is 6.54 Å². The van der Waals surface area contributed by atoms with Crippen molar-refractivity contribution in [3.05, 3.63) is 0 Å². The minimum absolute atomic E-state index is 0.0457. The highest BCUT2D eigenvalue weighted by atomic mass is 32.2. The fourth-order valence-electron chi connectivity index (χ4n) is 2.00. The normalized spacial score (nSPS) is 14.3. The van der Waals surface area contributed by atoms with Crippen LogP contribution in [-0.2, 0) is 14.3 Å². The Kier molecular flexibility index (Phi) is 5.54. The minimum Gasteiger partial charge on any atom is -0.464 e. The molecule has 1 aliphatic rings. The maximum absolute atomic E-state index is 12.2. The summed E-state index contributed by atoms with van der Waals surface area (Å²) in [5, 5.41) is 0.507. The number of esters is 1. The molecule has 0 spiro atoms. The molecule has 1 amide bonds. The molecule has 0 bridgehead atoms. The van der Waals surface area contributed by atoms with Gasteiger partial charge >= 0.3 is 11.9 Å². The SMILES string of the molecule is CCOC(=O)CN1C(=O)C[N+](c2nc(SC)nc(N(C)C)n2)=C1N. The summed E-state index contributed by atoms with van der Waals surface area (Å²) in [5.41, 5.74) is 6.03. The number of guanidine groups is 1. The zero-order valence-electron chi connectivity index (χ0n) is 14.0. The van der Waals surface area contributed by atoms with Gasteiger partial charge in [-0.05, 0) is 13.2 Å². The van der Waals surface area contributed by atoms with Gasteiger partial charge < -0.3 is 15.4 Å². The predicted molar refractivity (Wildman–Crippen MR) is 88.3 cm³/mol. The molecule has 11 heteroatoms. The number of hydrogen-bond acceptors (Lipinski definition) is 9. The van der Waals surface area contributed by atoms with Crippen LogP contribution in [-0.4, -0.2) is 82.3 Å². The highest BCUT2D eigenvalue weighted by molar-refractivity contribution is 7.98. The number of nitrogens with zero attached hydrogens (tertiary/aromatic N) is 6. The number of nitrogens with two attached hydrogens (primary N) is 1. The van der Waals surface area contributed by atoms with Crippen molar-refractivity contribution in [3.63, 3.8) is 0 Å². The average molecular weight is 354 g/mol. The fourth-order valence-corrected chi connectivity index (χ4v) is 2.35. The molecule has 10 nitrogen and oxygen atoms in total. The summed E-state index contributed by atoms with van der Waals surface area (Å²) in [4.78, 5) is 39.6. The van der Waals surface area contributed by atoms with Gasteiger partial charge in [-0.2, -0.15) is 4.98 Å². The molecule has 24 heavy (non-hydrogen) atoms. The van der Waals surface area contributed by atoms with Gasteiger partial charge in [0.25, 0.3) is 17.8 Å². The molecule has 2 N–H and O–H groups in total. The van der Waals surface area contributed by atoms with Gasteiger partial charge in [0.2, 0.25) is 5.16 Å².